The van der Waals surface area contributed by atoms with Crippen LogP contribution in [-0.4, -0.2) is 48.3 Å². The number of sulfone groups is 1. The summed E-state index contributed by atoms with van der Waals surface area (Å²) in [6.45, 7) is 0. The molecule has 0 radical (unpaired) electrons. The van der Waals surface area contributed by atoms with Gasteiger partial charge in [0.25, 0.3) is 0 Å². The predicted octanol–water partition coefficient (Wildman–Crippen LogP) is 3.88. The van der Waals surface area contributed by atoms with E-state index in [0.717, 1.165) is 39.7 Å². The molecule has 2 heterocycles. The van der Waals surface area contributed by atoms with Crippen molar-refractivity contribution in [1.82, 2.24) is 19.5 Å². The first kappa shape index (κ1) is 24.3. The first-order valence-corrected chi connectivity index (χ1v) is 12.0. The molecule has 9 nitrogen and oxygen atoms in total. The lowest BCUT2D eigenvalue weighted by Crippen LogP contribution is -2.12. The maximum Gasteiger partial charge on any atom is 0.229 e. The van der Waals surface area contributed by atoms with Crippen molar-refractivity contribution in [2.24, 2.45) is 7.05 Å². The third-order valence-corrected chi connectivity index (χ3v) is 5.96. The van der Waals surface area contributed by atoms with E-state index < -0.39 is 9.84 Å². The number of nitrogens with one attached hydrogen (secondary N) is 2. The lowest BCUT2D eigenvalue weighted by atomic mass is 10.2. The summed E-state index contributed by atoms with van der Waals surface area (Å²) in [5, 5.41) is 6.26. The SMILES string of the molecule is CNc1nc2cc(N(C)c3ccnc(Nc4ccc(CS(C)(=O)=O)cc4)n3)ccc2n1C.Cl. The Bertz CT molecular complexity index is 1370. The van der Waals surface area contributed by atoms with E-state index in [1.54, 1.807) is 18.3 Å². The van der Waals surface area contributed by atoms with Crippen molar-refractivity contribution in [2.45, 2.75) is 5.75 Å². The van der Waals surface area contributed by atoms with Gasteiger partial charge >= 0.3 is 0 Å². The number of fused-ring (bicyclic) bond motifs is 1. The number of imidazole rings is 1. The van der Waals surface area contributed by atoms with Gasteiger partial charge in [0.1, 0.15) is 5.82 Å². The Hall–Kier alpha value is -3.37. The zero-order valence-electron chi connectivity index (χ0n) is 18.8. The van der Waals surface area contributed by atoms with E-state index in [1.807, 2.05) is 67.0 Å². The normalized spacial score (nSPS) is 11.2. The third kappa shape index (κ3) is 5.52. The molecule has 0 unspecified atom stereocenters. The molecule has 2 aromatic heterocycles. The number of halogens is 1. The number of aromatic nitrogens is 4. The summed E-state index contributed by atoms with van der Waals surface area (Å²) in [5.74, 6) is 1.98. The molecule has 0 fully saturated rings. The molecule has 4 aromatic rings. The van der Waals surface area contributed by atoms with Crippen LogP contribution in [0, 0.1) is 0 Å². The lowest BCUT2D eigenvalue weighted by Gasteiger charge is -2.19. The highest BCUT2D eigenvalue weighted by molar-refractivity contribution is 7.89. The van der Waals surface area contributed by atoms with Crippen LogP contribution < -0.4 is 15.5 Å². The van der Waals surface area contributed by atoms with Gasteiger partial charge in [-0.15, -0.1) is 12.4 Å². The van der Waals surface area contributed by atoms with Gasteiger partial charge in [-0.25, -0.2) is 18.4 Å². The van der Waals surface area contributed by atoms with Crippen LogP contribution in [0.1, 0.15) is 5.56 Å². The predicted molar refractivity (Wildman–Crippen MR) is 136 cm³/mol. The maximum absolute atomic E-state index is 11.5. The van der Waals surface area contributed by atoms with Crippen LogP contribution in [0.5, 0.6) is 0 Å². The number of aryl methyl sites for hydroxylation is 1. The molecule has 4 rings (SSSR count). The molecule has 0 saturated carbocycles. The van der Waals surface area contributed by atoms with Gasteiger partial charge in [-0.2, -0.15) is 4.98 Å². The molecule has 11 heteroatoms. The number of hydrogen-bond donors (Lipinski definition) is 2. The standard InChI is InChI=1S/C22H25N7O2S.ClH/c1-23-22-26-18-13-17(9-10-19(18)29(22)3)28(2)20-11-12-24-21(27-20)25-16-7-5-15(6-8-16)14-32(4,30)31;/h5-13H,14H2,1-4H3,(H,23,26)(H,24,25,27);1H. The molecule has 0 saturated heterocycles. The van der Waals surface area contributed by atoms with Gasteiger partial charge in [0.05, 0.1) is 16.8 Å². The molecule has 0 aliphatic carbocycles. The first-order chi connectivity index (χ1) is 15.2. The smallest absolute Gasteiger partial charge is 0.229 e. The summed E-state index contributed by atoms with van der Waals surface area (Å²) in [7, 11) is 2.70. The summed E-state index contributed by atoms with van der Waals surface area (Å²) in [4.78, 5) is 15.5. The fourth-order valence-corrected chi connectivity index (χ4v) is 4.26. The highest BCUT2D eigenvalue weighted by Crippen LogP contribution is 2.27. The Morgan fingerprint density at radius 2 is 1.79 bits per heavy atom. The molecule has 0 atom stereocenters. The second-order valence-electron chi connectivity index (χ2n) is 7.61. The van der Waals surface area contributed by atoms with Gasteiger partial charge in [0.2, 0.25) is 11.9 Å². The van der Waals surface area contributed by atoms with Crippen molar-refractivity contribution in [1.29, 1.82) is 0 Å². The molecule has 33 heavy (non-hydrogen) atoms. The van der Waals surface area contributed by atoms with E-state index >= 15 is 0 Å². The molecular formula is C22H26ClN7O2S. The second-order valence-corrected chi connectivity index (χ2v) is 9.75. The van der Waals surface area contributed by atoms with Crippen molar-refractivity contribution in [3.05, 3.63) is 60.3 Å². The minimum atomic E-state index is -3.07. The highest BCUT2D eigenvalue weighted by atomic mass is 35.5. The maximum atomic E-state index is 11.5. The van der Waals surface area contributed by atoms with Gasteiger partial charge in [-0.3, -0.25) is 0 Å². The summed E-state index contributed by atoms with van der Waals surface area (Å²) in [6, 6.07) is 15.1. The number of benzene rings is 2. The molecule has 2 N–H and O–H groups in total. The summed E-state index contributed by atoms with van der Waals surface area (Å²) < 4.78 is 24.9. The van der Waals surface area contributed by atoms with Crippen molar-refractivity contribution < 1.29 is 8.42 Å². The molecule has 2 aromatic carbocycles. The average molecular weight is 488 g/mol. The molecule has 0 aliphatic rings. The molecule has 0 spiro atoms. The minimum absolute atomic E-state index is 0. The Kier molecular flexibility index (Phi) is 7.09. The molecule has 0 aliphatic heterocycles. The Labute approximate surface area is 199 Å². The highest BCUT2D eigenvalue weighted by Gasteiger charge is 2.12. The monoisotopic (exact) mass is 487 g/mol. The second kappa shape index (κ2) is 9.63. The number of nitrogens with zero attached hydrogens (tertiary/aromatic N) is 5. The van der Waals surface area contributed by atoms with Crippen LogP contribution >= 0.6 is 12.4 Å². The van der Waals surface area contributed by atoms with E-state index in [0.29, 0.717) is 5.95 Å². The van der Waals surface area contributed by atoms with E-state index in [-0.39, 0.29) is 18.2 Å². The van der Waals surface area contributed by atoms with E-state index in [4.69, 9.17) is 0 Å². The van der Waals surface area contributed by atoms with Gasteiger partial charge in [-0.1, -0.05) is 12.1 Å². The molecular weight excluding hydrogens is 462 g/mol. The average Bonchev–Trinajstić information content (AvgIpc) is 3.09. The summed E-state index contributed by atoms with van der Waals surface area (Å²) in [5.41, 5.74) is 4.39. The van der Waals surface area contributed by atoms with E-state index in [2.05, 4.69) is 25.6 Å². The first-order valence-electron chi connectivity index (χ1n) is 9.98. The quantitative estimate of drug-likeness (QED) is 0.404. The largest absolute Gasteiger partial charge is 0.359 e. The van der Waals surface area contributed by atoms with E-state index in [9.17, 15) is 8.42 Å². The van der Waals surface area contributed by atoms with Crippen LogP contribution in [0.2, 0.25) is 0 Å². The van der Waals surface area contributed by atoms with Crippen LogP contribution in [-0.2, 0) is 22.6 Å². The minimum Gasteiger partial charge on any atom is -0.359 e. The molecule has 174 valence electrons. The Balaban J connectivity index is 0.00000306. The fraction of sp³-hybridized carbons (Fsp3) is 0.227. The van der Waals surface area contributed by atoms with Gasteiger partial charge < -0.3 is 20.1 Å². The Morgan fingerprint density at radius 3 is 2.45 bits per heavy atom. The summed E-state index contributed by atoms with van der Waals surface area (Å²) in [6.07, 6.45) is 2.91. The van der Waals surface area contributed by atoms with Crippen LogP contribution in [0.15, 0.2) is 54.7 Å². The van der Waals surface area contributed by atoms with Crippen LogP contribution in [0.25, 0.3) is 11.0 Å². The molecule has 0 bridgehead atoms. The number of rotatable bonds is 7. The third-order valence-electron chi connectivity index (χ3n) is 5.10. The van der Waals surface area contributed by atoms with Crippen LogP contribution in [0.4, 0.5) is 29.1 Å². The lowest BCUT2D eigenvalue weighted by molar-refractivity contribution is 0.601. The van der Waals surface area contributed by atoms with Crippen molar-refractivity contribution in [3.8, 4) is 0 Å². The van der Waals surface area contributed by atoms with Crippen molar-refractivity contribution in [2.75, 3.05) is 35.9 Å². The number of hydrogen-bond acceptors (Lipinski definition) is 8. The van der Waals surface area contributed by atoms with Gasteiger partial charge in [-0.05, 0) is 42.0 Å². The number of anilines is 5. The fourth-order valence-electron chi connectivity index (χ4n) is 3.47. The zero-order valence-corrected chi connectivity index (χ0v) is 20.4. The van der Waals surface area contributed by atoms with Gasteiger partial charge in [0.15, 0.2) is 9.84 Å². The zero-order chi connectivity index (χ0) is 22.9. The van der Waals surface area contributed by atoms with Crippen molar-refractivity contribution in [3.63, 3.8) is 0 Å². The summed E-state index contributed by atoms with van der Waals surface area (Å²) >= 11 is 0. The van der Waals surface area contributed by atoms with E-state index in [1.165, 1.54) is 6.26 Å². The van der Waals surface area contributed by atoms with Crippen molar-refractivity contribution >= 4 is 62.4 Å². The van der Waals surface area contributed by atoms with Gasteiger partial charge in [0, 0.05) is 45.0 Å². The van der Waals surface area contributed by atoms with Crippen LogP contribution in [0.3, 0.4) is 0 Å². The Morgan fingerprint density at radius 1 is 1.06 bits per heavy atom. The molecule has 0 amide bonds. The topological polar surface area (TPSA) is 105 Å².